The summed E-state index contributed by atoms with van der Waals surface area (Å²) < 4.78 is 12.3. The average molecular weight is 503 g/mol. The summed E-state index contributed by atoms with van der Waals surface area (Å²) in [7, 11) is 0. The summed E-state index contributed by atoms with van der Waals surface area (Å²) in [6.45, 7) is 9.38. The van der Waals surface area contributed by atoms with Crippen molar-refractivity contribution in [3.8, 4) is 5.75 Å². The number of rotatable bonds is 9. The molecule has 0 aliphatic carbocycles. The Morgan fingerprint density at radius 3 is 2.47 bits per heavy atom. The molecule has 2 aromatic carbocycles. The molecule has 0 amide bonds. The molecule has 0 aliphatic heterocycles. The van der Waals surface area contributed by atoms with Crippen molar-refractivity contribution in [2.45, 2.75) is 39.6 Å². The van der Waals surface area contributed by atoms with E-state index in [1.165, 1.54) is 4.57 Å². The molecule has 0 fully saturated rings. The number of aromatic nitrogens is 3. The van der Waals surface area contributed by atoms with E-state index in [1.54, 1.807) is 49.4 Å². The van der Waals surface area contributed by atoms with Crippen LogP contribution in [0.1, 0.15) is 32.2 Å². The number of hydrogen-bond donors (Lipinski definition) is 1. The molecule has 0 bridgehead atoms. The fourth-order valence-corrected chi connectivity index (χ4v) is 3.40. The Morgan fingerprint density at radius 1 is 1.12 bits per heavy atom. The molecule has 1 heterocycles. The Morgan fingerprint density at radius 2 is 1.82 bits per heavy atom. The summed E-state index contributed by atoms with van der Waals surface area (Å²) in [6, 6.07) is 12.1. The van der Waals surface area contributed by atoms with E-state index in [0.717, 1.165) is 11.9 Å². The van der Waals surface area contributed by atoms with Gasteiger partial charge in [-0.25, -0.2) is 14.6 Å². The second-order valence-electron chi connectivity index (χ2n) is 7.67. The lowest BCUT2D eigenvalue weighted by Gasteiger charge is -2.19. The molecule has 8 nitrogen and oxygen atoms in total. The lowest BCUT2D eigenvalue weighted by Crippen LogP contribution is -2.30. The van der Waals surface area contributed by atoms with Gasteiger partial charge in [0.1, 0.15) is 12.1 Å². The highest BCUT2D eigenvalue weighted by molar-refractivity contribution is 6.32. The van der Waals surface area contributed by atoms with Crippen molar-refractivity contribution >= 4 is 40.4 Å². The van der Waals surface area contributed by atoms with Gasteiger partial charge in [0.05, 0.1) is 23.2 Å². The van der Waals surface area contributed by atoms with E-state index in [0.29, 0.717) is 21.5 Å². The molecular weight excluding hydrogens is 479 g/mol. The standard InChI is InChI=1S/C24H24Cl2N4O4/c1-14(2)33-21-10-9-19(11-20(21)26)29-16(4)34-23(31)15(3)22-27-13-28-24(32)30(22)12-17-5-7-18(25)8-6-17/h5-11,13-14,16,29H,3,12H2,1-2,4H3. The Kier molecular flexibility index (Phi) is 8.31. The number of hydrogen-bond acceptors (Lipinski definition) is 7. The quantitative estimate of drug-likeness (QED) is 0.255. The fourth-order valence-electron chi connectivity index (χ4n) is 3.05. The van der Waals surface area contributed by atoms with Gasteiger partial charge in [-0.3, -0.25) is 4.57 Å². The third kappa shape index (κ3) is 6.59. The lowest BCUT2D eigenvalue weighted by atomic mass is 10.2. The van der Waals surface area contributed by atoms with Gasteiger partial charge in [-0.1, -0.05) is 41.9 Å². The molecule has 0 spiro atoms. The van der Waals surface area contributed by atoms with Crippen molar-refractivity contribution in [2.75, 3.05) is 5.32 Å². The third-order valence-corrected chi connectivity index (χ3v) is 5.10. The molecule has 1 N–H and O–H groups in total. The number of carbonyl (C=O) groups is 1. The van der Waals surface area contributed by atoms with Crippen LogP contribution in [0.3, 0.4) is 0 Å². The minimum Gasteiger partial charge on any atom is -0.489 e. The van der Waals surface area contributed by atoms with Gasteiger partial charge in [0.15, 0.2) is 12.1 Å². The number of ether oxygens (including phenoxy) is 2. The molecule has 1 atom stereocenters. The van der Waals surface area contributed by atoms with Crippen LogP contribution in [0.4, 0.5) is 5.69 Å². The number of nitrogens with one attached hydrogen (secondary N) is 1. The molecule has 10 heteroatoms. The van der Waals surface area contributed by atoms with Gasteiger partial charge in [-0.05, 0) is 56.7 Å². The van der Waals surface area contributed by atoms with E-state index in [1.807, 2.05) is 13.8 Å². The maximum atomic E-state index is 12.7. The van der Waals surface area contributed by atoms with E-state index in [-0.39, 0.29) is 24.0 Å². The first-order valence-corrected chi connectivity index (χ1v) is 11.2. The Labute approximate surface area is 207 Å². The predicted octanol–water partition coefficient (Wildman–Crippen LogP) is 4.80. The zero-order valence-electron chi connectivity index (χ0n) is 18.9. The van der Waals surface area contributed by atoms with Gasteiger partial charge in [-0.15, -0.1) is 0 Å². The normalized spacial score (nSPS) is 11.7. The van der Waals surface area contributed by atoms with Crippen LogP contribution in [-0.2, 0) is 16.1 Å². The Balaban J connectivity index is 1.70. The monoisotopic (exact) mass is 502 g/mol. The van der Waals surface area contributed by atoms with Crippen LogP contribution in [0.15, 0.2) is 60.2 Å². The highest BCUT2D eigenvalue weighted by Gasteiger charge is 2.20. The van der Waals surface area contributed by atoms with Gasteiger partial charge in [-0.2, -0.15) is 4.98 Å². The minimum absolute atomic E-state index is 0.0129. The largest absolute Gasteiger partial charge is 0.489 e. The molecule has 0 radical (unpaired) electrons. The summed E-state index contributed by atoms with van der Waals surface area (Å²) in [5.41, 5.74) is 0.758. The van der Waals surface area contributed by atoms with Crippen LogP contribution in [0.2, 0.25) is 10.0 Å². The molecular formula is C24H24Cl2N4O4. The SMILES string of the molecule is C=C(C(=O)OC(C)Nc1ccc(OC(C)C)c(Cl)c1)c1ncnc(=O)n1Cc1ccc(Cl)cc1. The van der Waals surface area contributed by atoms with Crippen molar-refractivity contribution in [3.05, 3.63) is 87.3 Å². The zero-order valence-corrected chi connectivity index (χ0v) is 20.4. The second-order valence-corrected chi connectivity index (χ2v) is 8.52. The molecule has 0 saturated heterocycles. The lowest BCUT2D eigenvalue weighted by molar-refractivity contribution is -0.139. The van der Waals surface area contributed by atoms with Gasteiger partial charge < -0.3 is 14.8 Å². The average Bonchev–Trinajstić information content (AvgIpc) is 2.77. The van der Waals surface area contributed by atoms with E-state index in [9.17, 15) is 9.59 Å². The molecule has 3 aromatic rings. The molecule has 3 rings (SSSR count). The summed E-state index contributed by atoms with van der Waals surface area (Å²) in [5.74, 6) is -0.123. The van der Waals surface area contributed by atoms with Gasteiger partial charge in [0.2, 0.25) is 0 Å². The summed E-state index contributed by atoms with van der Waals surface area (Å²) in [6.07, 6.45) is 0.343. The number of carbonyl (C=O) groups excluding carboxylic acids is 1. The Bertz CT molecular complexity index is 1240. The molecule has 1 aromatic heterocycles. The summed E-state index contributed by atoms with van der Waals surface area (Å²) in [5, 5.41) is 4.03. The van der Waals surface area contributed by atoms with E-state index in [2.05, 4.69) is 21.9 Å². The van der Waals surface area contributed by atoms with Gasteiger partial charge in [0.25, 0.3) is 0 Å². The van der Waals surface area contributed by atoms with E-state index in [4.69, 9.17) is 32.7 Å². The van der Waals surface area contributed by atoms with Gasteiger partial charge >= 0.3 is 11.7 Å². The maximum absolute atomic E-state index is 12.7. The van der Waals surface area contributed by atoms with Crippen LogP contribution < -0.4 is 15.7 Å². The van der Waals surface area contributed by atoms with Crippen LogP contribution in [0.5, 0.6) is 5.75 Å². The number of halogens is 2. The zero-order chi connectivity index (χ0) is 24.8. The van der Waals surface area contributed by atoms with Crippen molar-refractivity contribution in [1.82, 2.24) is 14.5 Å². The van der Waals surface area contributed by atoms with Crippen molar-refractivity contribution in [2.24, 2.45) is 0 Å². The number of esters is 1. The smallest absolute Gasteiger partial charge is 0.351 e. The van der Waals surface area contributed by atoms with Crippen LogP contribution >= 0.6 is 23.2 Å². The number of benzene rings is 2. The Hall–Kier alpha value is -3.36. The topological polar surface area (TPSA) is 95.3 Å². The van der Waals surface area contributed by atoms with Crippen molar-refractivity contribution in [1.29, 1.82) is 0 Å². The van der Waals surface area contributed by atoms with Crippen LogP contribution in [0.25, 0.3) is 5.57 Å². The minimum atomic E-state index is -0.742. The van der Waals surface area contributed by atoms with Crippen LogP contribution in [-0.4, -0.2) is 32.8 Å². The third-order valence-electron chi connectivity index (χ3n) is 4.55. The predicted molar refractivity (Wildman–Crippen MR) is 132 cm³/mol. The molecule has 1 unspecified atom stereocenters. The molecule has 34 heavy (non-hydrogen) atoms. The van der Waals surface area contributed by atoms with E-state index < -0.39 is 17.9 Å². The molecule has 0 saturated carbocycles. The maximum Gasteiger partial charge on any atom is 0.351 e. The summed E-state index contributed by atoms with van der Waals surface area (Å²) >= 11 is 12.2. The molecule has 0 aliphatic rings. The first-order chi connectivity index (χ1) is 16.1. The van der Waals surface area contributed by atoms with Gasteiger partial charge in [0, 0.05) is 10.7 Å². The number of anilines is 1. The fraction of sp³-hybridized carbons (Fsp3) is 0.250. The van der Waals surface area contributed by atoms with E-state index >= 15 is 0 Å². The highest BCUT2D eigenvalue weighted by atomic mass is 35.5. The van der Waals surface area contributed by atoms with Crippen molar-refractivity contribution in [3.63, 3.8) is 0 Å². The molecule has 178 valence electrons. The first kappa shape index (κ1) is 25.3. The van der Waals surface area contributed by atoms with Crippen LogP contribution in [0, 0.1) is 0 Å². The van der Waals surface area contributed by atoms with Crippen molar-refractivity contribution < 1.29 is 14.3 Å². The summed E-state index contributed by atoms with van der Waals surface area (Å²) in [4.78, 5) is 32.9. The second kappa shape index (κ2) is 11.2. The number of nitrogens with zero attached hydrogens (tertiary/aromatic N) is 3. The first-order valence-electron chi connectivity index (χ1n) is 10.4. The highest BCUT2D eigenvalue weighted by Crippen LogP contribution is 2.29.